The van der Waals surface area contributed by atoms with Crippen LogP contribution in [-0.2, 0) is 11.3 Å². The van der Waals surface area contributed by atoms with Crippen LogP contribution in [0.25, 0.3) is 0 Å². The van der Waals surface area contributed by atoms with Gasteiger partial charge in [0.1, 0.15) is 5.75 Å². The second-order valence-electron chi connectivity index (χ2n) is 5.83. The lowest BCUT2D eigenvalue weighted by atomic mass is 10.2. The highest BCUT2D eigenvalue weighted by Gasteiger charge is 2.19. The zero-order chi connectivity index (χ0) is 16.8. The van der Waals surface area contributed by atoms with Gasteiger partial charge >= 0.3 is 6.03 Å². The van der Waals surface area contributed by atoms with Crippen LogP contribution in [0.2, 0.25) is 0 Å². The lowest BCUT2D eigenvalue weighted by molar-refractivity contribution is 0.0340. The number of aromatic hydroxyl groups is 1. The summed E-state index contributed by atoms with van der Waals surface area (Å²) in [6, 6.07) is 5.21. The Kier molecular flexibility index (Phi) is 6.68. The standard InChI is InChI=1S/C16H24BrN3O3/c1-18(2)16(22)20(6-5-19-7-9-23-10-8-19)12-13-11-14(17)3-4-15(13)21/h3-4,11,21H,5-10,12H2,1-2H3. The molecule has 1 aliphatic heterocycles. The summed E-state index contributed by atoms with van der Waals surface area (Å²) >= 11 is 3.41. The summed E-state index contributed by atoms with van der Waals surface area (Å²) in [4.78, 5) is 18.0. The van der Waals surface area contributed by atoms with E-state index in [0.717, 1.165) is 42.9 Å². The molecule has 0 spiro atoms. The number of morpholine rings is 1. The Balaban J connectivity index is 2.04. The van der Waals surface area contributed by atoms with Crippen LogP contribution in [0.15, 0.2) is 22.7 Å². The number of phenolic OH excluding ortho intramolecular Hbond substituents is 1. The van der Waals surface area contributed by atoms with Crippen LogP contribution in [0.3, 0.4) is 0 Å². The molecule has 1 aromatic carbocycles. The third-order valence-electron chi connectivity index (χ3n) is 3.85. The maximum atomic E-state index is 12.4. The number of benzene rings is 1. The first kappa shape index (κ1) is 18.0. The predicted molar refractivity (Wildman–Crippen MR) is 92.6 cm³/mol. The van der Waals surface area contributed by atoms with Crippen molar-refractivity contribution in [3.63, 3.8) is 0 Å². The lowest BCUT2D eigenvalue weighted by Crippen LogP contribution is -2.45. The molecule has 0 aliphatic carbocycles. The van der Waals surface area contributed by atoms with Gasteiger partial charge in [-0.15, -0.1) is 0 Å². The number of halogens is 1. The number of hydrogen-bond donors (Lipinski definition) is 1. The van der Waals surface area contributed by atoms with Crippen molar-refractivity contribution in [1.82, 2.24) is 14.7 Å². The minimum atomic E-state index is -0.0577. The van der Waals surface area contributed by atoms with Gasteiger partial charge in [-0.1, -0.05) is 15.9 Å². The van der Waals surface area contributed by atoms with Crippen molar-refractivity contribution >= 4 is 22.0 Å². The molecular weight excluding hydrogens is 362 g/mol. The summed E-state index contributed by atoms with van der Waals surface area (Å²) in [7, 11) is 3.48. The van der Waals surface area contributed by atoms with Crippen LogP contribution in [0.4, 0.5) is 4.79 Å². The highest BCUT2D eigenvalue weighted by molar-refractivity contribution is 9.10. The monoisotopic (exact) mass is 385 g/mol. The molecular formula is C16H24BrN3O3. The van der Waals surface area contributed by atoms with E-state index in [4.69, 9.17) is 4.74 Å². The quantitative estimate of drug-likeness (QED) is 0.841. The predicted octanol–water partition coefficient (Wildman–Crippen LogP) is 1.97. The van der Waals surface area contributed by atoms with Crippen molar-refractivity contribution in [2.24, 2.45) is 0 Å². The Hall–Kier alpha value is -1.31. The van der Waals surface area contributed by atoms with Crippen molar-refractivity contribution in [1.29, 1.82) is 0 Å². The van der Waals surface area contributed by atoms with Gasteiger partial charge in [-0.3, -0.25) is 4.90 Å². The van der Waals surface area contributed by atoms with Crippen LogP contribution in [0.5, 0.6) is 5.75 Å². The first-order chi connectivity index (χ1) is 11.0. The summed E-state index contributed by atoms with van der Waals surface area (Å²) in [5.41, 5.74) is 0.733. The van der Waals surface area contributed by atoms with Gasteiger partial charge < -0.3 is 19.6 Å². The highest BCUT2D eigenvalue weighted by atomic mass is 79.9. The zero-order valence-corrected chi connectivity index (χ0v) is 15.3. The maximum absolute atomic E-state index is 12.4. The van der Waals surface area contributed by atoms with Crippen LogP contribution >= 0.6 is 15.9 Å². The summed E-state index contributed by atoms with van der Waals surface area (Å²) < 4.78 is 6.23. The van der Waals surface area contributed by atoms with Crippen molar-refractivity contribution in [2.45, 2.75) is 6.54 Å². The molecule has 0 radical (unpaired) electrons. The van der Waals surface area contributed by atoms with Gasteiger partial charge in [-0.25, -0.2) is 4.79 Å². The summed E-state index contributed by atoms with van der Waals surface area (Å²) in [5, 5.41) is 10.0. The molecule has 1 fully saturated rings. The molecule has 1 aromatic rings. The van der Waals surface area contributed by atoms with E-state index in [0.29, 0.717) is 13.1 Å². The van der Waals surface area contributed by atoms with E-state index in [2.05, 4.69) is 20.8 Å². The molecule has 0 bridgehead atoms. The molecule has 7 heteroatoms. The molecule has 1 heterocycles. The third kappa shape index (κ3) is 5.37. The molecule has 0 aromatic heterocycles. The molecule has 1 saturated heterocycles. The third-order valence-corrected chi connectivity index (χ3v) is 4.34. The van der Waals surface area contributed by atoms with Crippen LogP contribution in [0, 0.1) is 0 Å². The van der Waals surface area contributed by atoms with E-state index >= 15 is 0 Å². The summed E-state index contributed by atoms with van der Waals surface area (Å²) in [6.45, 7) is 5.08. The van der Waals surface area contributed by atoms with E-state index in [1.54, 1.807) is 36.0 Å². The minimum Gasteiger partial charge on any atom is -0.508 e. The van der Waals surface area contributed by atoms with E-state index < -0.39 is 0 Å². The molecule has 0 atom stereocenters. The van der Waals surface area contributed by atoms with E-state index in [1.807, 2.05) is 6.07 Å². The number of amides is 2. The molecule has 2 amide bonds. The second kappa shape index (κ2) is 8.52. The zero-order valence-electron chi connectivity index (χ0n) is 13.7. The summed E-state index contributed by atoms with van der Waals surface area (Å²) in [6.07, 6.45) is 0. The first-order valence-corrected chi connectivity index (χ1v) is 8.50. The number of carbonyl (C=O) groups is 1. The van der Waals surface area contributed by atoms with Crippen molar-refractivity contribution in [2.75, 3.05) is 53.5 Å². The average Bonchev–Trinajstić information content (AvgIpc) is 2.54. The van der Waals surface area contributed by atoms with Gasteiger partial charge in [0.25, 0.3) is 0 Å². The molecule has 6 nitrogen and oxygen atoms in total. The van der Waals surface area contributed by atoms with Gasteiger partial charge in [0.05, 0.1) is 19.8 Å². The number of rotatable bonds is 5. The van der Waals surface area contributed by atoms with Crippen LogP contribution < -0.4 is 0 Å². The molecule has 0 saturated carbocycles. The van der Waals surface area contributed by atoms with Gasteiger partial charge in [-0.05, 0) is 18.2 Å². The fraction of sp³-hybridized carbons (Fsp3) is 0.562. The van der Waals surface area contributed by atoms with E-state index in [-0.39, 0.29) is 11.8 Å². The Bertz CT molecular complexity index is 533. The number of carbonyl (C=O) groups excluding carboxylic acids is 1. The van der Waals surface area contributed by atoms with Crippen molar-refractivity contribution < 1.29 is 14.6 Å². The van der Waals surface area contributed by atoms with Crippen LogP contribution in [-0.4, -0.2) is 79.3 Å². The highest BCUT2D eigenvalue weighted by Crippen LogP contribution is 2.23. The van der Waals surface area contributed by atoms with Crippen molar-refractivity contribution in [3.05, 3.63) is 28.2 Å². The van der Waals surface area contributed by atoms with Crippen molar-refractivity contribution in [3.8, 4) is 5.75 Å². The summed E-state index contributed by atoms with van der Waals surface area (Å²) in [5.74, 6) is 0.205. The van der Waals surface area contributed by atoms with Gasteiger partial charge in [0.2, 0.25) is 0 Å². The average molecular weight is 386 g/mol. The molecule has 23 heavy (non-hydrogen) atoms. The Morgan fingerprint density at radius 2 is 2.04 bits per heavy atom. The van der Waals surface area contributed by atoms with Gasteiger partial charge in [0, 0.05) is 50.3 Å². The molecule has 1 aliphatic rings. The van der Waals surface area contributed by atoms with Crippen LogP contribution in [0.1, 0.15) is 5.56 Å². The normalized spacial score (nSPS) is 15.4. The Morgan fingerprint density at radius 1 is 1.35 bits per heavy atom. The SMILES string of the molecule is CN(C)C(=O)N(CCN1CCOCC1)Cc1cc(Br)ccc1O. The topological polar surface area (TPSA) is 56.3 Å². The van der Waals surface area contributed by atoms with Gasteiger partial charge in [0.15, 0.2) is 0 Å². The lowest BCUT2D eigenvalue weighted by Gasteiger charge is -2.31. The minimum absolute atomic E-state index is 0.0577. The van der Waals surface area contributed by atoms with Gasteiger partial charge in [-0.2, -0.15) is 0 Å². The number of ether oxygens (including phenoxy) is 1. The smallest absolute Gasteiger partial charge is 0.319 e. The number of nitrogens with zero attached hydrogens (tertiary/aromatic N) is 3. The number of urea groups is 1. The largest absolute Gasteiger partial charge is 0.508 e. The molecule has 2 rings (SSSR count). The molecule has 0 unspecified atom stereocenters. The van der Waals surface area contributed by atoms with E-state index in [1.165, 1.54) is 0 Å². The maximum Gasteiger partial charge on any atom is 0.319 e. The Labute approximate surface area is 145 Å². The fourth-order valence-corrected chi connectivity index (χ4v) is 2.91. The molecule has 128 valence electrons. The second-order valence-corrected chi connectivity index (χ2v) is 6.74. The Morgan fingerprint density at radius 3 is 2.70 bits per heavy atom. The van der Waals surface area contributed by atoms with E-state index in [9.17, 15) is 9.90 Å². The fourth-order valence-electron chi connectivity index (χ4n) is 2.50. The number of hydrogen-bond acceptors (Lipinski definition) is 4. The molecule has 1 N–H and O–H groups in total. The number of phenols is 1. The first-order valence-electron chi connectivity index (χ1n) is 7.71.